The standard InChI is InChI=1S/C15H31NO3/c1-12-4-6-15(7-5-12)19-11-14(17)10-16-13(2)8-9-18-3/h12-17H,4-11H2,1-3H3. The van der Waals surface area contributed by atoms with E-state index in [4.69, 9.17) is 9.47 Å². The SMILES string of the molecule is COCCC(C)NCC(O)COC1CCC(C)CC1. The first-order chi connectivity index (χ1) is 9.11. The second kappa shape index (κ2) is 9.70. The molecule has 0 bridgehead atoms. The van der Waals surface area contributed by atoms with Crippen LogP contribution in [0.2, 0.25) is 0 Å². The molecule has 0 spiro atoms. The number of methoxy groups -OCH3 is 1. The van der Waals surface area contributed by atoms with Crippen molar-refractivity contribution in [3.05, 3.63) is 0 Å². The zero-order chi connectivity index (χ0) is 14.1. The zero-order valence-electron chi connectivity index (χ0n) is 12.7. The first-order valence-corrected chi connectivity index (χ1v) is 7.63. The molecule has 1 rings (SSSR count). The lowest BCUT2D eigenvalue weighted by atomic mass is 9.89. The molecule has 2 unspecified atom stereocenters. The molecule has 1 fully saturated rings. The van der Waals surface area contributed by atoms with Crippen LogP contribution in [-0.4, -0.2) is 50.2 Å². The predicted octanol–water partition coefficient (Wildman–Crippen LogP) is 1.96. The molecule has 19 heavy (non-hydrogen) atoms. The maximum absolute atomic E-state index is 9.89. The summed E-state index contributed by atoms with van der Waals surface area (Å²) in [6.45, 7) is 6.20. The summed E-state index contributed by atoms with van der Waals surface area (Å²) < 4.78 is 10.8. The first-order valence-electron chi connectivity index (χ1n) is 7.63. The summed E-state index contributed by atoms with van der Waals surface area (Å²) in [5.74, 6) is 0.841. The van der Waals surface area contributed by atoms with Crippen LogP contribution in [0.25, 0.3) is 0 Å². The van der Waals surface area contributed by atoms with Gasteiger partial charge in [-0.3, -0.25) is 0 Å². The highest BCUT2D eigenvalue weighted by Crippen LogP contribution is 2.25. The lowest BCUT2D eigenvalue weighted by Crippen LogP contribution is -2.37. The second-order valence-electron chi connectivity index (χ2n) is 5.96. The van der Waals surface area contributed by atoms with Crippen molar-refractivity contribution in [2.75, 3.05) is 26.9 Å². The second-order valence-corrected chi connectivity index (χ2v) is 5.96. The normalized spacial score (nSPS) is 27.2. The van der Waals surface area contributed by atoms with E-state index in [1.54, 1.807) is 7.11 Å². The average molecular weight is 273 g/mol. The molecule has 4 nitrogen and oxygen atoms in total. The molecular formula is C15H31NO3. The molecule has 1 aliphatic rings. The lowest BCUT2D eigenvalue weighted by molar-refractivity contribution is -0.0284. The van der Waals surface area contributed by atoms with Crippen LogP contribution in [0.3, 0.4) is 0 Å². The van der Waals surface area contributed by atoms with Gasteiger partial charge in [0.2, 0.25) is 0 Å². The minimum Gasteiger partial charge on any atom is -0.389 e. The van der Waals surface area contributed by atoms with Crippen molar-refractivity contribution in [2.24, 2.45) is 5.92 Å². The lowest BCUT2D eigenvalue weighted by Gasteiger charge is -2.27. The number of hydrogen-bond donors (Lipinski definition) is 2. The highest BCUT2D eigenvalue weighted by molar-refractivity contribution is 4.71. The van der Waals surface area contributed by atoms with Gasteiger partial charge in [0.15, 0.2) is 0 Å². The van der Waals surface area contributed by atoms with Gasteiger partial charge < -0.3 is 19.9 Å². The molecule has 2 atom stereocenters. The van der Waals surface area contributed by atoms with Gasteiger partial charge in [-0.25, -0.2) is 0 Å². The topological polar surface area (TPSA) is 50.7 Å². The Labute approximate surface area is 117 Å². The Balaban J connectivity index is 2.02. The van der Waals surface area contributed by atoms with Crippen molar-refractivity contribution in [3.8, 4) is 0 Å². The van der Waals surface area contributed by atoms with Gasteiger partial charge in [-0.05, 0) is 44.9 Å². The Morgan fingerprint density at radius 2 is 1.95 bits per heavy atom. The van der Waals surface area contributed by atoms with Crippen molar-refractivity contribution in [3.63, 3.8) is 0 Å². The molecule has 0 saturated heterocycles. The van der Waals surface area contributed by atoms with Crippen LogP contribution < -0.4 is 5.32 Å². The summed E-state index contributed by atoms with van der Waals surface area (Å²) in [4.78, 5) is 0. The van der Waals surface area contributed by atoms with Crippen LogP contribution in [-0.2, 0) is 9.47 Å². The van der Waals surface area contributed by atoms with Gasteiger partial charge in [0.1, 0.15) is 0 Å². The van der Waals surface area contributed by atoms with Gasteiger partial charge in [0, 0.05) is 26.3 Å². The summed E-state index contributed by atoms with van der Waals surface area (Å²) in [6.07, 6.45) is 5.71. The Kier molecular flexibility index (Phi) is 8.62. The Morgan fingerprint density at radius 3 is 2.58 bits per heavy atom. The third-order valence-corrected chi connectivity index (χ3v) is 3.94. The number of nitrogens with one attached hydrogen (secondary N) is 1. The fourth-order valence-electron chi connectivity index (χ4n) is 2.44. The van der Waals surface area contributed by atoms with E-state index in [0.29, 0.717) is 25.3 Å². The van der Waals surface area contributed by atoms with Gasteiger partial charge in [-0.15, -0.1) is 0 Å². The molecule has 1 aliphatic carbocycles. The van der Waals surface area contributed by atoms with E-state index in [0.717, 1.165) is 31.8 Å². The van der Waals surface area contributed by atoms with Gasteiger partial charge in [-0.1, -0.05) is 6.92 Å². The molecule has 2 N–H and O–H groups in total. The molecule has 0 amide bonds. The average Bonchev–Trinajstić information content (AvgIpc) is 2.42. The highest BCUT2D eigenvalue weighted by Gasteiger charge is 2.19. The Morgan fingerprint density at radius 1 is 1.26 bits per heavy atom. The molecular weight excluding hydrogens is 242 g/mol. The summed E-state index contributed by atoms with van der Waals surface area (Å²) in [5, 5.41) is 13.2. The quantitative estimate of drug-likeness (QED) is 0.674. The van der Waals surface area contributed by atoms with E-state index in [1.165, 1.54) is 12.8 Å². The van der Waals surface area contributed by atoms with Crippen LogP contribution >= 0.6 is 0 Å². The van der Waals surface area contributed by atoms with Crippen molar-refractivity contribution in [1.82, 2.24) is 5.32 Å². The molecule has 0 aromatic carbocycles. The molecule has 0 aromatic rings. The number of aliphatic hydroxyl groups is 1. The van der Waals surface area contributed by atoms with Crippen LogP contribution in [0.4, 0.5) is 0 Å². The predicted molar refractivity (Wildman–Crippen MR) is 77.3 cm³/mol. The number of hydrogen-bond acceptors (Lipinski definition) is 4. The van der Waals surface area contributed by atoms with E-state index >= 15 is 0 Å². The molecule has 1 saturated carbocycles. The van der Waals surface area contributed by atoms with E-state index in [1.807, 2.05) is 0 Å². The number of aliphatic hydroxyl groups excluding tert-OH is 1. The van der Waals surface area contributed by atoms with Gasteiger partial charge in [0.25, 0.3) is 0 Å². The largest absolute Gasteiger partial charge is 0.389 e. The summed E-state index contributed by atoms with van der Waals surface area (Å²) in [7, 11) is 1.71. The van der Waals surface area contributed by atoms with Gasteiger partial charge in [-0.2, -0.15) is 0 Å². The summed E-state index contributed by atoms with van der Waals surface area (Å²) in [6, 6.07) is 0.366. The van der Waals surface area contributed by atoms with Crippen LogP contribution in [0, 0.1) is 5.92 Å². The molecule has 0 aromatic heterocycles. The molecule has 114 valence electrons. The van der Waals surface area contributed by atoms with E-state index in [-0.39, 0.29) is 0 Å². The maximum Gasteiger partial charge on any atom is 0.0897 e. The summed E-state index contributed by atoms with van der Waals surface area (Å²) in [5.41, 5.74) is 0. The first kappa shape index (κ1) is 16.9. The fraction of sp³-hybridized carbons (Fsp3) is 1.00. The van der Waals surface area contributed by atoms with Crippen molar-refractivity contribution in [1.29, 1.82) is 0 Å². The van der Waals surface area contributed by atoms with Gasteiger partial charge >= 0.3 is 0 Å². The third kappa shape index (κ3) is 7.88. The Bertz CT molecular complexity index is 217. The van der Waals surface area contributed by atoms with Crippen molar-refractivity contribution >= 4 is 0 Å². The molecule has 4 heteroatoms. The molecule has 0 aliphatic heterocycles. The van der Waals surface area contributed by atoms with Crippen LogP contribution in [0.1, 0.15) is 46.0 Å². The minimum atomic E-state index is -0.413. The van der Waals surface area contributed by atoms with Crippen molar-refractivity contribution in [2.45, 2.75) is 64.2 Å². The van der Waals surface area contributed by atoms with Gasteiger partial charge in [0.05, 0.1) is 18.8 Å². The number of rotatable bonds is 9. The van der Waals surface area contributed by atoms with E-state index < -0.39 is 6.10 Å². The highest BCUT2D eigenvalue weighted by atomic mass is 16.5. The van der Waals surface area contributed by atoms with E-state index in [9.17, 15) is 5.11 Å². The third-order valence-electron chi connectivity index (χ3n) is 3.94. The molecule has 0 radical (unpaired) electrons. The van der Waals surface area contributed by atoms with Crippen LogP contribution in [0.5, 0.6) is 0 Å². The fourth-order valence-corrected chi connectivity index (χ4v) is 2.44. The smallest absolute Gasteiger partial charge is 0.0897 e. The molecule has 0 heterocycles. The summed E-state index contributed by atoms with van der Waals surface area (Å²) >= 11 is 0. The van der Waals surface area contributed by atoms with E-state index in [2.05, 4.69) is 19.2 Å². The monoisotopic (exact) mass is 273 g/mol. The van der Waals surface area contributed by atoms with Crippen LogP contribution in [0.15, 0.2) is 0 Å². The van der Waals surface area contributed by atoms with Crippen molar-refractivity contribution < 1.29 is 14.6 Å². The number of ether oxygens (including phenoxy) is 2. The minimum absolute atomic E-state index is 0.358. The Hall–Kier alpha value is -0.160. The maximum atomic E-state index is 9.89. The zero-order valence-corrected chi connectivity index (χ0v) is 12.7.